The highest BCUT2D eigenvalue weighted by Crippen LogP contribution is 2.15. The molecule has 1 atom stereocenters. The molecule has 0 bridgehead atoms. The zero-order chi connectivity index (χ0) is 25.1. The number of aromatic nitrogens is 1. The molecule has 1 aliphatic rings. The van der Waals surface area contributed by atoms with Gasteiger partial charge in [0.1, 0.15) is 5.60 Å². The van der Waals surface area contributed by atoms with Crippen molar-refractivity contribution >= 4 is 24.9 Å². The van der Waals surface area contributed by atoms with E-state index in [1.54, 1.807) is 12.4 Å². The van der Waals surface area contributed by atoms with Crippen LogP contribution in [0.3, 0.4) is 0 Å². The molecule has 0 aliphatic carbocycles. The number of nitrogens with one attached hydrogen (secondary N) is 1. The van der Waals surface area contributed by atoms with E-state index in [-0.39, 0.29) is 7.33 Å². The van der Waals surface area contributed by atoms with Crippen LogP contribution in [-0.4, -0.2) is 73.5 Å². The van der Waals surface area contributed by atoms with Crippen molar-refractivity contribution in [3.63, 3.8) is 0 Å². The van der Waals surface area contributed by atoms with E-state index in [4.69, 9.17) is 10.5 Å². The van der Waals surface area contributed by atoms with Crippen LogP contribution in [0.5, 0.6) is 0 Å². The second-order valence-corrected chi connectivity index (χ2v) is 8.54. The Balaban J connectivity index is 0.00000164. The van der Waals surface area contributed by atoms with Crippen molar-refractivity contribution in [1.82, 2.24) is 15.2 Å². The summed E-state index contributed by atoms with van der Waals surface area (Å²) >= 11 is 0. The first-order valence-electron chi connectivity index (χ1n) is 10.8. The molecule has 8 nitrogen and oxygen atoms in total. The number of nitrogens with zero attached hydrogens (tertiary/aromatic N) is 3. The average Bonchev–Trinajstić information content (AvgIpc) is 2.71. The molecule has 2 heterocycles. The Morgan fingerprint density at radius 1 is 1.15 bits per heavy atom. The number of anilines is 1. The predicted molar refractivity (Wildman–Crippen MR) is 120 cm³/mol. The highest BCUT2D eigenvalue weighted by Gasteiger charge is 2.25. The summed E-state index contributed by atoms with van der Waals surface area (Å²) in [4.78, 5) is 32.3. The number of ether oxygens (including phenoxy) is 1. The molecular formula is C20H34BF4N5O3. The van der Waals surface area contributed by atoms with E-state index < -0.39 is 25.0 Å². The maximum atomic E-state index is 12.6. The molecule has 0 spiro atoms. The van der Waals surface area contributed by atoms with Crippen LogP contribution in [0.15, 0.2) is 24.5 Å². The molecule has 2 amide bonds. The zero-order valence-electron chi connectivity index (χ0n) is 20.3. The van der Waals surface area contributed by atoms with Crippen LogP contribution < -0.4 is 16.0 Å². The Morgan fingerprint density at radius 2 is 1.70 bits per heavy atom. The molecule has 1 aromatic rings. The number of hydrogen-bond acceptors (Lipinski definition) is 6. The quantitative estimate of drug-likeness (QED) is 0.354. The van der Waals surface area contributed by atoms with Crippen molar-refractivity contribution in [1.29, 1.82) is 0 Å². The molecule has 1 saturated heterocycles. The highest BCUT2D eigenvalue weighted by molar-refractivity contribution is 6.50. The van der Waals surface area contributed by atoms with Crippen molar-refractivity contribution in [3.8, 4) is 0 Å². The fourth-order valence-electron chi connectivity index (χ4n) is 3.09. The summed E-state index contributed by atoms with van der Waals surface area (Å²) in [5.41, 5.74) is 6.72. The van der Waals surface area contributed by atoms with Crippen molar-refractivity contribution in [2.75, 3.05) is 37.6 Å². The molecule has 33 heavy (non-hydrogen) atoms. The molecule has 13 heteroatoms. The Hall–Kier alpha value is -2.57. The van der Waals surface area contributed by atoms with Gasteiger partial charge in [-0.15, -0.1) is 0 Å². The number of hydrogen-bond donors (Lipinski definition) is 2. The molecule has 2 rings (SSSR count). The number of nitrogens with two attached hydrogens (primary N) is 1. The third-order valence-corrected chi connectivity index (χ3v) is 4.55. The summed E-state index contributed by atoms with van der Waals surface area (Å²) in [6.07, 6.45) is 5.29. The lowest BCUT2D eigenvalue weighted by Gasteiger charge is -2.37. The number of piperazine rings is 1. The molecule has 1 aliphatic heterocycles. The van der Waals surface area contributed by atoms with Crippen LogP contribution in [-0.2, 0) is 9.53 Å². The normalized spacial score (nSPS) is 15.3. The van der Waals surface area contributed by atoms with E-state index in [0.29, 0.717) is 26.1 Å². The second-order valence-electron chi connectivity index (χ2n) is 8.54. The molecule has 0 saturated carbocycles. The van der Waals surface area contributed by atoms with Gasteiger partial charge < -0.3 is 42.8 Å². The number of carbonyl (C=O) groups excluding carboxylic acids is 2. The van der Waals surface area contributed by atoms with Crippen LogP contribution in [0.1, 0.15) is 41.5 Å². The summed E-state index contributed by atoms with van der Waals surface area (Å²) in [7, 11) is -6.00. The number of unbranched alkanes of at least 4 members (excludes halogenated alkanes) is 1. The largest absolute Gasteiger partial charge is 1.00 e. The summed E-state index contributed by atoms with van der Waals surface area (Å²) < 4.78 is 44.2. The second kappa shape index (κ2) is 13.2. The summed E-state index contributed by atoms with van der Waals surface area (Å²) in [6.45, 7) is 8.94. The van der Waals surface area contributed by atoms with Gasteiger partial charge in [0.05, 0.1) is 6.04 Å². The highest BCUT2D eigenvalue weighted by atomic mass is 19.5. The fourth-order valence-corrected chi connectivity index (χ4v) is 3.09. The predicted octanol–water partition coefficient (Wildman–Crippen LogP) is 3.17. The van der Waals surface area contributed by atoms with Gasteiger partial charge in [-0.05, 0) is 52.2 Å². The maximum absolute atomic E-state index is 12.6. The molecular weight excluding hydrogens is 445 g/mol. The summed E-state index contributed by atoms with van der Waals surface area (Å²) in [5.74, 6) is 0.00878. The van der Waals surface area contributed by atoms with E-state index in [1.807, 2.05) is 37.8 Å². The molecule has 188 valence electrons. The van der Waals surface area contributed by atoms with Crippen molar-refractivity contribution < 1.29 is 33.0 Å². The third-order valence-electron chi connectivity index (χ3n) is 4.55. The minimum Gasteiger partial charge on any atom is -0.444 e. The standard InChI is InChI=1S/C20H33N5O3.BF4/c1-20(2,3)28-19(27)23-9-5-4-6-17(21)18(26)25-14-12-24(13-15-25)16-7-10-22-11-8-16;2-1(3,4)5/h7-8,10-11,17H,4-6,9,12-15,21H2,1-3H3,(H,23,27);/q;-1/p+1/t17-;/m0./s1. The lowest BCUT2D eigenvalue weighted by atomic mass is 10.1. The fraction of sp³-hybridized carbons (Fsp3) is 0.650. The molecule has 1 fully saturated rings. The van der Waals surface area contributed by atoms with E-state index >= 15 is 0 Å². The third kappa shape index (κ3) is 13.6. The number of pyridine rings is 1. The van der Waals surface area contributed by atoms with Crippen LogP contribution in [0.25, 0.3) is 0 Å². The van der Waals surface area contributed by atoms with E-state index in [1.165, 1.54) is 0 Å². The van der Waals surface area contributed by atoms with Gasteiger partial charge in [-0.3, -0.25) is 9.78 Å². The van der Waals surface area contributed by atoms with Gasteiger partial charge in [0, 0.05) is 50.8 Å². The molecule has 0 unspecified atom stereocenters. The zero-order valence-corrected chi connectivity index (χ0v) is 19.3. The minimum atomic E-state index is -6.00. The van der Waals surface area contributed by atoms with Gasteiger partial charge >= 0.3 is 14.8 Å². The number of halogens is 4. The van der Waals surface area contributed by atoms with E-state index in [2.05, 4.69) is 15.2 Å². The van der Waals surface area contributed by atoms with Crippen molar-refractivity contribution in [2.24, 2.45) is 5.73 Å². The van der Waals surface area contributed by atoms with Crippen molar-refractivity contribution in [3.05, 3.63) is 24.5 Å². The Morgan fingerprint density at radius 3 is 2.21 bits per heavy atom. The SMILES string of the molecule is CC(C)(C)OC(=O)NCCCC[C@H](N)C(=O)N1CCN(c2ccncc2)CC1.F[B-](F)(F)F.[H+]. The lowest BCUT2D eigenvalue weighted by molar-refractivity contribution is -0.133. The Bertz CT molecular complexity index is 727. The smallest absolute Gasteiger partial charge is 0.444 e. The van der Waals surface area contributed by atoms with Gasteiger partial charge in [0.15, 0.2) is 0 Å². The first kappa shape index (κ1) is 28.5. The lowest BCUT2D eigenvalue weighted by Crippen LogP contribution is -2.53. The first-order chi connectivity index (χ1) is 15.3. The Labute approximate surface area is 193 Å². The van der Waals surface area contributed by atoms with Crippen LogP contribution in [0, 0.1) is 0 Å². The van der Waals surface area contributed by atoms with Gasteiger partial charge in [0.25, 0.3) is 0 Å². The topological polar surface area (TPSA) is 101 Å². The number of amides is 2. The van der Waals surface area contributed by atoms with Crippen LogP contribution >= 0.6 is 0 Å². The summed E-state index contributed by atoms with van der Waals surface area (Å²) in [5, 5.41) is 2.72. The van der Waals surface area contributed by atoms with Gasteiger partial charge in [0.2, 0.25) is 5.91 Å². The van der Waals surface area contributed by atoms with Gasteiger partial charge in [-0.1, -0.05) is 0 Å². The van der Waals surface area contributed by atoms with Gasteiger partial charge in [-0.25, -0.2) is 4.79 Å². The first-order valence-corrected chi connectivity index (χ1v) is 10.8. The summed E-state index contributed by atoms with van der Waals surface area (Å²) in [6, 6.07) is 3.47. The maximum Gasteiger partial charge on any atom is 1.00 e. The van der Waals surface area contributed by atoms with E-state index in [9.17, 15) is 26.9 Å². The molecule has 1 aromatic heterocycles. The number of rotatable bonds is 7. The average molecular weight is 479 g/mol. The van der Waals surface area contributed by atoms with E-state index in [0.717, 1.165) is 31.6 Å². The van der Waals surface area contributed by atoms with Crippen LogP contribution in [0.4, 0.5) is 27.7 Å². The molecule has 0 aromatic carbocycles. The molecule has 0 radical (unpaired) electrons. The minimum absolute atomic E-state index is 0. The number of alkyl carbamates (subject to hydrolysis) is 1. The van der Waals surface area contributed by atoms with Gasteiger partial charge in [-0.2, -0.15) is 0 Å². The van der Waals surface area contributed by atoms with Crippen molar-refractivity contribution in [2.45, 2.75) is 51.7 Å². The van der Waals surface area contributed by atoms with Crippen LogP contribution in [0.2, 0.25) is 0 Å². The Kier molecular flexibility index (Phi) is 11.4. The molecule has 3 N–H and O–H groups in total. The number of carbonyl (C=O) groups is 2. The monoisotopic (exact) mass is 479 g/mol.